The van der Waals surface area contributed by atoms with Gasteiger partial charge in [0.1, 0.15) is 0 Å². The molecule has 21 heavy (non-hydrogen) atoms. The summed E-state index contributed by atoms with van der Waals surface area (Å²) in [5.74, 6) is 0.421. The van der Waals surface area contributed by atoms with Crippen LogP contribution < -0.4 is 5.32 Å². The Bertz CT molecular complexity index is 449. The summed E-state index contributed by atoms with van der Waals surface area (Å²) < 4.78 is 36.3. The average molecular weight is 436 g/mol. The Morgan fingerprint density at radius 2 is 1.86 bits per heavy atom. The van der Waals surface area contributed by atoms with Crippen LogP contribution in [0.2, 0.25) is 5.02 Å². The highest BCUT2D eigenvalue weighted by Gasteiger charge is 2.26. The molecular weight excluding hydrogens is 418 g/mol. The van der Waals surface area contributed by atoms with Crippen molar-refractivity contribution in [1.82, 2.24) is 10.2 Å². The van der Waals surface area contributed by atoms with Crippen molar-refractivity contribution in [2.45, 2.75) is 19.1 Å². The van der Waals surface area contributed by atoms with Gasteiger partial charge in [0.05, 0.1) is 6.42 Å². The molecule has 8 heteroatoms. The predicted octanol–water partition coefficient (Wildman–Crippen LogP) is 3.92. The zero-order chi connectivity index (χ0) is 15.2. The number of halogens is 5. The first-order valence-electron chi connectivity index (χ1n) is 6.05. The van der Waals surface area contributed by atoms with E-state index in [9.17, 15) is 13.2 Å². The zero-order valence-corrected chi connectivity index (χ0v) is 14.8. The van der Waals surface area contributed by atoms with Crippen molar-refractivity contribution in [1.29, 1.82) is 0 Å². The summed E-state index contributed by atoms with van der Waals surface area (Å²) in [6, 6.07) is 7.26. The van der Waals surface area contributed by atoms with E-state index in [4.69, 9.17) is 11.6 Å². The van der Waals surface area contributed by atoms with E-state index in [1.807, 2.05) is 12.1 Å². The lowest BCUT2D eigenvalue weighted by Gasteiger charge is -2.22. The number of nitrogens with one attached hydrogen (secondary N) is 1. The fourth-order valence-corrected chi connectivity index (χ4v) is 1.77. The monoisotopic (exact) mass is 435 g/mol. The molecule has 0 saturated heterocycles. The standard InChI is InChI=1S/C13H17ClF3N3.HI/c1-18-12(19-8-7-13(15,16)17)20(2)9-10-3-5-11(14)6-4-10;/h3-6H,7-9H2,1-2H3,(H,18,19);1H. The van der Waals surface area contributed by atoms with Crippen LogP contribution in [0.3, 0.4) is 0 Å². The molecule has 0 radical (unpaired) electrons. The van der Waals surface area contributed by atoms with Gasteiger partial charge in [0.15, 0.2) is 5.96 Å². The van der Waals surface area contributed by atoms with Crippen LogP contribution in [0.4, 0.5) is 13.2 Å². The average Bonchev–Trinajstić information content (AvgIpc) is 2.36. The Hall–Kier alpha value is -0.700. The summed E-state index contributed by atoms with van der Waals surface area (Å²) in [5.41, 5.74) is 0.996. The second-order valence-electron chi connectivity index (χ2n) is 4.32. The van der Waals surface area contributed by atoms with Crippen molar-refractivity contribution < 1.29 is 13.2 Å². The summed E-state index contributed by atoms with van der Waals surface area (Å²) in [6.45, 7) is 0.337. The lowest BCUT2D eigenvalue weighted by atomic mass is 10.2. The molecule has 0 aliphatic rings. The summed E-state index contributed by atoms with van der Waals surface area (Å²) >= 11 is 5.79. The van der Waals surface area contributed by atoms with Crippen LogP contribution in [0.1, 0.15) is 12.0 Å². The van der Waals surface area contributed by atoms with E-state index in [0.29, 0.717) is 17.5 Å². The minimum absolute atomic E-state index is 0. The molecule has 0 aliphatic carbocycles. The number of rotatable bonds is 4. The van der Waals surface area contributed by atoms with Crippen LogP contribution in [0.25, 0.3) is 0 Å². The molecule has 1 rings (SSSR count). The minimum atomic E-state index is -4.17. The maximum Gasteiger partial charge on any atom is 0.390 e. The SMILES string of the molecule is CN=C(NCCC(F)(F)F)N(C)Cc1ccc(Cl)cc1.I. The maximum absolute atomic E-state index is 12.1. The number of nitrogens with zero attached hydrogens (tertiary/aromatic N) is 2. The molecule has 0 amide bonds. The lowest BCUT2D eigenvalue weighted by molar-refractivity contribution is -0.132. The predicted molar refractivity (Wildman–Crippen MR) is 90.4 cm³/mol. The van der Waals surface area contributed by atoms with Gasteiger partial charge in [0, 0.05) is 32.2 Å². The molecule has 1 N–H and O–H groups in total. The summed E-state index contributed by atoms with van der Waals surface area (Å²) in [5, 5.41) is 3.33. The highest BCUT2D eigenvalue weighted by atomic mass is 127. The van der Waals surface area contributed by atoms with Gasteiger partial charge in [0.25, 0.3) is 0 Å². The normalized spacial score (nSPS) is 11.8. The third-order valence-electron chi connectivity index (χ3n) is 2.60. The maximum atomic E-state index is 12.1. The first-order valence-corrected chi connectivity index (χ1v) is 6.42. The van der Waals surface area contributed by atoms with Crippen LogP contribution in [0.5, 0.6) is 0 Å². The van der Waals surface area contributed by atoms with Crippen molar-refractivity contribution in [2.75, 3.05) is 20.6 Å². The number of guanidine groups is 1. The second kappa shape index (κ2) is 9.34. The van der Waals surface area contributed by atoms with Crippen molar-refractivity contribution in [3.05, 3.63) is 34.9 Å². The Morgan fingerprint density at radius 1 is 1.29 bits per heavy atom. The van der Waals surface area contributed by atoms with Crippen LogP contribution in [0, 0.1) is 0 Å². The molecule has 0 saturated carbocycles. The largest absolute Gasteiger partial charge is 0.390 e. The molecule has 0 fully saturated rings. The van der Waals surface area contributed by atoms with E-state index in [2.05, 4.69) is 10.3 Å². The minimum Gasteiger partial charge on any atom is -0.356 e. The van der Waals surface area contributed by atoms with Crippen molar-refractivity contribution in [2.24, 2.45) is 4.99 Å². The van der Waals surface area contributed by atoms with Crippen LogP contribution in [-0.4, -0.2) is 37.7 Å². The molecule has 0 aromatic heterocycles. The molecule has 1 aromatic carbocycles. The first-order chi connectivity index (χ1) is 9.31. The molecular formula is C13H18ClF3IN3. The molecule has 0 bridgehead atoms. The van der Waals surface area contributed by atoms with E-state index >= 15 is 0 Å². The second-order valence-corrected chi connectivity index (χ2v) is 4.76. The summed E-state index contributed by atoms with van der Waals surface area (Å²) in [4.78, 5) is 5.71. The Morgan fingerprint density at radius 3 is 2.33 bits per heavy atom. The number of aliphatic imine (C=N–C) groups is 1. The van der Waals surface area contributed by atoms with Crippen LogP contribution >= 0.6 is 35.6 Å². The topological polar surface area (TPSA) is 27.6 Å². The van der Waals surface area contributed by atoms with E-state index in [-0.39, 0.29) is 30.5 Å². The van der Waals surface area contributed by atoms with E-state index < -0.39 is 12.6 Å². The molecule has 0 spiro atoms. The molecule has 120 valence electrons. The van der Waals surface area contributed by atoms with Gasteiger partial charge in [-0.3, -0.25) is 4.99 Å². The highest BCUT2D eigenvalue weighted by molar-refractivity contribution is 14.0. The molecule has 1 aromatic rings. The van der Waals surface area contributed by atoms with Gasteiger partial charge in [-0.05, 0) is 17.7 Å². The third kappa shape index (κ3) is 8.35. The fourth-order valence-electron chi connectivity index (χ4n) is 1.64. The van der Waals surface area contributed by atoms with Gasteiger partial charge in [0.2, 0.25) is 0 Å². The molecule has 0 atom stereocenters. The Kier molecular flexibility index (Phi) is 9.03. The van der Waals surface area contributed by atoms with Crippen molar-refractivity contribution >= 4 is 41.5 Å². The third-order valence-corrected chi connectivity index (χ3v) is 2.85. The van der Waals surface area contributed by atoms with E-state index in [0.717, 1.165) is 5.56 Å². The summed E-state index contributed by atoms with van der Waals surface area (Å²) in [7, 11) is 3.30. The van der Waals surface area contributed by atoms with Gasteiger partial charge in [-0.1, -0.05) is 23.7 Å². The summed E-state index contributed by atoms with van der Waals surface area (Å²) in [6.07, 6.45) is -5.05. The Labute approximate surface area is 144 Å². The Balaban J connectivity index is 0.00000400. The number of hydrogen-bond donors (Lipinski definition) is 1. The number of benzene rings is 1. The smallest absolute Gasteiger partial charge is 0.356 e. The van der Waals surface area contributed by atoms with Gasteiger partial charge < -0.3 is 10.2 Å². The van der Waals surface area contributed by atoms with Crippen LogP contribution in [0.15, 0.2) is 29.3 Å². The van der Waals surface area contributed by atoms with Crippen molar-refractivity contribution in [3.63, 3.8) is 0 Å². The molecule has 3 nitrogen and oxygen atoms in total. The van der Waals surface area contributed by atoms with E-state index in [1.165, 1.54) is 7.05 Å². The molecule has 0 heterocycles. The highest BCUT2D eigenvalue weighted by Crippen LogP contribution is 2.18. The molecule has 0 unspecified atom stereocenters. The van der Waals surface area contributed by atoms with Gasteiger partial charge in [-0.15, -0.1) is 24.0 Å². The van der Waals surface area contributed by atoms with Gasteiger partial charge in [-0.25, -0.2) is 0 Å². The first kappa shape index (κ1) is 20.3. The van der Waals surface area contributed by atoms with Gasteiger partial charge in [-0.2, -0.15) is 13.2 Å². The van der Waals surface area contributed by atoms with Crippen LogP contribution in [-0.2, 0) is 6.54 Å². The lowest BCUT2D eigenvalue weighted by Crippen LogP contribution is -2.39. The quantitative estimate of drug-likeness (QED) is 0.441. The number of hydrogen-bond acceptors (Lipinski definition) is 1. The van der Waals surface area contributed by atoms with E-state index in [1.54, 1.807) is 24.1 Å². The number of alkyl halides is 3. The van der Waals surface area contributed by atoms with Gasteiger partial charge >= 0.3 is 6.18 Å². The zero-order valence-electron chi connectivity index (χ0n) is 11.7. The van der Waals surface area contributed by atoms with Crippen molar-refractivity contribution in [3.8, 4) is 0 Å². The fraction of sp³-hybridized carbons (Fsp3) is 0.462. The molecule has 0 aliphatic heterocycles.